The second kappa shape index (κ2) is 24.0. The van der Waals surface area contributed by atoms with Gasteiger partial charge in [-0.05, 0) is 256 Å². The van der Waals surface area contributed by atoms with Crippen molar-refractivity contribution in [2.75, 3.05) is 9.80 Å². The van der Waals surface area contributed by atoms with Gasteiger partial charge in [-0.15, -0.1) is 0 Å². The summed E-state index contributed by atoms with van der Waals surface area (Å²) in [5.41, 5.74) is 44.9. The van der Waals surface area contributed by atoms with Crippen molar-refractivity contribution in [3.8, 4) is 111 Å². The van der Waals surface area contributed by atoms with Gasteiger partial charge in [-0.2, -0.15) is 0 Å². The molecule has 0 saturated heterocycles. The summed E-state index contributed by atoms with van der Waals surface area (Å²) in [6, 6.07) is 149. The lowest BCUT2D eigenvalue weighted by molar-refractivity contribution is 0.590. The third-order valence-corrected chi connectivity index (χ3v) is 25.3. The zero-order valence-corrected chi connectivity index (χ0v) is 61.9. The van der Waals surface area contributed by atoms with Crippen molar-refractivity contribution in [2.45, 2.75) is 37.0 Å². The van der Waals surface area contributed by atoms with Crippen LogP contribution >= 0.6 is 0 Å². The molecule has 2 spiro atoms. The zero-order valence-electron chi connectivity index (χ0n) is 61.9. The summed E-state index contributed by atoms with van der Waals surface area (Å²) < 4.78 is 0. The first-order chi connectivity index (χ1) is 54.7. The van der Waals surface area contributed by atoms with E-state index < -0.39 is 10.8 Å². The number of hydrogen-bond donors (Lipinski definition) is 0. The number of hydrogen-bond acceptors (Lipinski definition) is 2. The molecule has 2 heterocycles. The maximum absolute atomic E-state index is 2.75. The predicted octanol–water partition coefficient (Wildman–Crippen LogP) is 25.8. The summed E-state index contributed by atoms with van der Waals surface area (Å²) >= 11 is 0. The Morgan fingerprint density at radius 1 is 0.207 bits per heavy atom. The molecule has 0 N–H and O–H groups in total. The van der Waals surface area contributed by atoms with Crippen LogP contribution in [0.1, 0.15) is 70.8 Å². The number of benzene rings is 17. The third-order valence-electron chi connectivity index (χ3n) is 25.3. The molecule has 23 rings (SSSR count). The normalized spacial score (nSPS) is 14.0. The molecule has 0 aromatic heterocycles. The minimum absolute atomic E-state index is 0.311. The lowest BCUT2D eigenvalue weighted by Gasteiger charge is -2.46. The summed E-state index contributed by atoms with van der Waals surface area (Å²) in [5.74, 6) is 0. The summed E-state index contributed by atoms with van der Waals surface area (Å²) in [5, 5.41) is 0. The fourth-order valence-corrected chi connectivity index (χ4v) is 20.5. The van der Waals surface area contributed by atoms with Gasteiger partial charge < -0.3 is 9.80 Å². The SMILES string of the molecule is CC(C)(C)c1cc2c3c(c1)N(c1cc(-c4ccccc4)cc(-c4ccccc4)c1)c1cc4c(cc1B3c1cc3c(cc1N2c1cc(-c2ccccc2)cc(-c2ccccc2)c1)-c1cc(-c2ccccc2)ccc1C31c2ccccc2-c2ccccc21)C1(c2ccccc2-c2ccccc21)c1ccc(-c2ccccc2)cc1-4. The van der Waals surface area contributed by atoms with Gasteiger partial charge in [-0.25, -0.2) is 0 Å². The van der Waals surface area contributed by atoms with Gasteiger partial charge in [0, 0.05) is 34.1 Å². The molecule has 111 heavy (non-hydrogen) atoms. The Labute approximate surface area is 649 Å². The highest BCUT2D eigenvalue weighted by Gasteiger charge is 2.57. The number of nitrogens with zero attached hydrogens (tertiary/aromatic N) is 2. The van der Waals surface area contributed by atoms with Gasteiger partial charge in [0.1, 0.15) is 0 Å². The van der Waals surface area contributed by atoms with Crippen molar-refractivity contribution in [1.29, 1.82) is 0 Å². The molecule has 3 heteroatoms. The lowest BCUT2D eigenvalue weighted by Crippen LogP contribution is -2.62. The average molecular weight is 1410 g/mol. The van der Waals surface area contributed by atoms with E-state index in [0.717, 1.165) is 55.9 Å². The van der Waals surface area contributed by atoms with Crippen LogP contribution in [-0.2, 0) is 16.2 Å². The van der Waals surface area contributed by atoms with Crippen molar-refractivity contribution >= 4 is 57.2 Å². The summed E-state index contributed by atoms with van der Waals surface area (Å²) in [6.07, 6.45) is 0. The predicted molar refractivity (Wildman–Crippen MR) is 464 cm³/mol. The first kappa shape index (κ1) is 63.5. The number of anilines is 6. The van der Waals surface area contributed by atoms with Gasteiger partial charge in [0.05, 0.1) is 10.8 Å². The topological polar surface area (TPSA) is 6.48 Å². The second-order valence-corrected chi connectivity index (χ2v) is 32.1. The van der Waals surface area contributed by atoms with E-state index in [1.54, 1.807) is 0 Å². The molecule has 4 aliphatic carbocycles. The van der Waals surface area contributed by atoms with Gasteiger partial charge >= 0.3 is 0 Å². The monoisotopic (exact) mass is 1410 g/mol. The van der Waals surface area contributed by atoms with Crippen LogP contribution in [0.15, 0.2) is 388 Å². The van der Waals surface area contributed by atoms with Crippen LogP contribution in [0.2, 0.25) is 0 Å². The standard InChI is InChI=1S/C108H73BN2/c1-106(2,3)80-62-103-105-104(63-80)111(82-58-78(72-38-18-8-19-39-72)55-79(59-82)73-40-20-9-21-41-73)102-65-90-88-61-75(69-32-12-5-13-33-69)51-53-96(88)108(93-48-28-24-44-85(93)86-45-25-29-49-94(86)108)98(90)67-100(102)109(105)99-66-97-89(64-101(99)110(103)81-56-76(70-34-14-6-15-35-70)54-77(57-81)71-36-16-7-17-37-71)87-60-74(68-30-10-4-11-31-68)50-52-95(87)107(97)91-46-26-22-42-83(91)84-43-23-27-47-92(84)107/h4-67H,1-3H3. The molecule has 17 aromatic carbocycles. The number of fused-ring (bicyclic) bond motifs is 24. The quantitative estimate of drug-likeness (QED) is 0.140. The first-order valence-electron chi connectivity index (χ1n) is 39.1. The largest absolute Gasteiger partial charge is 0.311 e. The third kappa shape index (κ3) is 9.15. The molecule has 17 aromatic rings. The van der Waals surface area contributed by atoms with Crippen LogP contribution in [0.5, 0.6) is 0 Å². The van der Waals surface area contributed by atoms with Gasteiger partial charge in [0.25, 0.3) is 6.71 Å². The Morgan fingerprint density at radius 2 is 0.477 bits per heavy atom. The smallest absolute Gasteiger partial charge is 0.252 e. The summed E-state index contributed by atoms with van der Waals surface area (Å²) in [4.78, 5) is 5.44. The van der Waals surface area contributed by atoms with Gasteiger partial charge in [0.2, 0.25) is 0 Å². The molecule has 0 atom stereocenters. The molecule has 0 fully saturated rings. The van der Waals surface area contributed by atoms with Crippen LogP contribution in [0.4, 0.5) is 34.1 Å². The van der Waals surface area contributed by atoms with E-state index >= 15 is 0 Å². The Balaban J connectivity index is 0.904. The minimum atomic E-state index is -0.674. The molecule has 0 amide bonds. The maximum Gasteiger partial charge on any atom is 0.252 e. The van der Waals surface area contributed by atoms with Crippen LogP contribution in [0.25, 0.3) is 111 Å². The summed E-state index contributed by atoms with van der Waals surface area (Å²) in [6.45, 7) is 6.91. The molecule has 0 unspecified atom stereocenters. The van der Waals surface area contributed by atoms with Crippen LogP contribution in [0, 0.1) is 0 Å². The molecule has 2 nitrogen and oxygen atoms in total. The molecule has 6 aliphatic rings. The number of rotatable bonds is 8. The second-order valence-electron chi connectivity index (χ2n) is 32.1. The van der Waals surface area contributed by atoms with Crippen molar-refractivity contribution in [3.63, 3.8) is 0 Å². The molecular weight excluding hydrogens is 1340 g/mol. The highest BCUT2D eigenvalue weighted by atomic mass is 15.2. The molecule has 0 bridgehead atoms. The van der Waals surface area contributed by atoms with Gasteiger partial charge in [0.15, 0.2) is 0 Å². The Kier molecular flexibility index (Phi) is 13.7. The van der Waals surface area contributed by atoms with E-state index in [9.17, 15) is 0 Å². The van der Waals surface area contributed by atoms with Gasteiger partial charge in [-0.1, -0.05) is 336 Å². The lowest BCUT2D eigenvalue weighted by atomic mass is 9.33. The van der Waals surface area contributed by atoms with Gasteiger partial charge in [-0.3, -0.25) is 0 Å². The van der Waals surface area contributed by atoms with Crippen LogP contribution < -0.4 is 26.2 Å². The zero-order chi connectivity index (χ0) is 73.4. The fraction of sp³-hybridized carbons (Fsp3) is 0.0556. The first-order valence-corrected chi connectivity index (χ1v) is 39.1. The van der Waals surface area contributed by atoms with Crippen LogP contribution in [0.3, 0.4) is 0 Å². The highest BCUT2D eigenvalue weighted by molar-refractivity contribution is 7.00. The molecule has 0 saturated carbocycles. The van der Waals surface area contributed by atoms with Crippen molar-refractivity contribution in [2.24, 2.45) is 0 Å². The van der Waals surface area contributed by atoms with E-state index in [2.05, 4.69) is 419 Å². The van der Waals surface area contributed by atoms with E-state index in [-0.39, 0.29) is 12.1 Å². The van der Waals surface area contributed by atoms with Crippen LogP contribution in [-0.4, -0.2) is 6.71 Å². The van der Waals surface area contributed by atoms with E-state index in [4.69, 9.17) is 0 Å². The molecule has 0 radical (unpaired) electrons. The average Bonchev–Trinajstić information content (AvgIpc) is 1.52. The van der Waals surface area contributed by atoms with Crippen molar-refractivity contribution in [1.82, 2.24) is 0 Å². The molecule has 2 aliphatic heterocycles. The molecular formula is C108H73BN2. The molecule has 518 valence electrons. The maximum atomic E-state index is 2.75. The Hall–Kier alpha value is -13.6. The summed E-state index contributed by atoms with van der Waals surface area (Å²) in [7, 11) is 0. The highest BCUT2D eigenvalue weighted by Crippen LogP contribution is 2.67. The Morgan fingerprint density at radius 3 is 0.784 bits per heavy atom. The van der Waals surface area contributed by atoms with Crippen molar-refractivity contribution < 1.29 is 0 Å². The van der Waals surface area contributed by atoms with E-state index in [1.807, 2.05) is 0 Å². The van der Waals surface area contributed by atoms with E-state index in [0.29, 0.717) is 0 Å². The van der Waals surface area contributed by atoms with E-state index in [1.165, 1.54) is 156 Å². The fourth-order valence-electron chi connectivity index (χ4n) is 20.5. The Bertz CT molecular complexity index is 6130. The van der Waals surface area contributed by atoms with Crippen molar-refractivity contribution in [3.05, 3.63) is 438 Å². The minimum Gasteiger partial charge on any atom is -0.311 e.